The Labute approximate surface area is 99.6 Å². The topological polar surface area (TPSA) is 79.5 Å². The molecule has 1 aromatic rings. The number of carboxylic acids is 1. The summed E-state index contributed by atoms with van der Waals surface area (Å²) in [5, 5.41) is 13.0. The van der Waals surface area contributed by atoms with E-state index in [-0.39, 0.29) is 0 Å². The van der Waals surface area contributed by atoms with E-state index in [9.17, 15) is 9.90 Å². The van der Waals surface area contributed by atoms with Gasteiger partial charge < -0.3 is 9.63 Å². The molecule has 1 atom stereocenters. The van der Waals surface area contributed by atoms with Crippen LogP contribution in [-0.4, -0.2) is 39.2 Å². The van der Waals surface area contributed by atoms with Crippen LogP contribution < -0.4 is 0 Å². The van der Waals surface area contributed by atoms with Gasteiger partial charge in [0, 0.05) is 6.54 Å². The average Bonchev–Trinajstić information content (AvgIpc) is 2.87. The normalized spacial score (nSPS) is 25.3. The summed E-state index contributed by atoms with van der Waals surface area (Å²) in [4.78, 5) is 17.5. The molecule has 0 spiro atoms. The van der Waals surface area contributed by atoms with Crippen LogP contribution in [0.15, 0.2) is 4.52 Å². The summed E-state index contributed by atoms with van der Waals surface area (Å²) in [6.45, 7) is 5.55. The fourth-order valence-corrected chi connectivity index (χ4v) is 2.30. The fraction of sp³-hybridized carbons (Fsp3) is 0.727. The van der Waals surface area contributed by atoms with Gasteiger partial charge in [-0.1, -0.05) is 12.1 Å². The number of hydrogen-bond acceptors (Lipinski definition) is 5. The van der Waals surface area contributed by atoms with Crippen molar-refractivity contribution in [2.75, 3.05) is 13.1 Å². The first-order chi connectivity index (χ1) is 8.05. The first-order valence-electron chi connectivity index (χ1n) is 5.81. The molecule has 0 saturated carbocycles. The minimum absolute atomic E-state index is 0.538. The largest absolute Gasteiger partial charge is 0.481 e. The van der Waals surface area contributed by atoms with E-state index in [2.05, 4.69) is 15.0 Å². The SMILES string of the molecule is CCC1(C(=O)O)CCN(Cc2nc(C)no2)C1. The van der Waals surface area contributed by atoms with E-state index in [1.807, 2.05) is 6.92 Å². The van der Waals surface area contributed by atoms with E-state index in [0.717, 1.165) is 6.54 Å². The molecule has 2 heterocycles. The third kappa shape index (κ3) is 2.31. The van der Waals surface area contributed by atoms with Crippen LogP contribution in [0.1, 0.15) is 31.5 Å². The van der Waals surface area contributed by atoms with Crippen molar-refractivity contribution in [1.29, 1.82) is 0 Å². The van der Waals surface area contributed by atoms with Gasteiger partial charge >= 0.3 is 5.97 Å². The molecule has 1 aromatic heterocycles. The summed E-state index contributed by atoms with van der Waals surface area (Å²) in [5.41, 5.74) is -0.602. The Morgan fingerprint density at radius 2 is 2.41 bits per heavy atom. The first kappa shape index (κ1) is 12.0. The van der Waals surface area contributed by atoms with E-state index in [1.165, 1.54) is 0 Å². The smallest absolute Gasteiger partial charge is 0.310 e. The summed E-state index contributed by atoms with van der Waals surface area (Å²) >= 11 is 0. The third-order valence-corrected chi connectivity index (χ3v) is 3.49. The van der Waals surface area contributed by atoms with Crippen molar-refractivity contribution in [3.8, 4) is 0 Å². The summed E-state index contributed by atoms with van der Waals surface area (Å²) in [6.07, 6.45) is 1.34. The summed E-state index contributed by atoms with van der Waals surface area (Å²) < 4.78 is 5.04. The molecule has 1 saturated heterocycles. The van der Waals surface area contributed by atoms with E-state index in [0.29, 0.717) is 37.6 Å². The van der Waals surface area contributed by atoms with Crippen LogP contribution >= 0.6 is 0 Å². The van der Waals surface area contributed by atoms with Crippen LogP contribution in [0.25, 0.3) is 0 Å². The maximum Gasteiger partial charge on any atom is 0.310 e. The second-order valence-corrected chi connectivity index (χ2v) is 4.64. The molecule has 6 heteroatoms. The van der Waals surface area contributed by atoms with Gasteiger partial charge in [0.25, 0.3) is 0 Å². The number of rotatable bonds is 4. The van der Waals surface area contributed by atoms with Crippen molar-refractivity contribution >= 4 is 5.97 Å². The number of aryl methyl sites for hydroxylation is 1. The Hall–Kier alpha value is -1.43. The number of carboxylic acid groups (broad SMARTS) is 1. The average molecular weight is 239 g/mol. The van der Waals surface area contributed by atoms with Gasteiger partial charge in [-0.25, -0.2) is 0 Å². The molecule has 1 aliphatic rings. The molecule has 0 bridgehead atoms. The van der Waals surface area contributed by atoms with E-state index in [1.54, 1.807) is 6.92 Å². The van der Waals surface area contributed by atoms with Crippen molar-refractivity contribution in [3.05, 3.63) is 11.7 Å². The lowest BCUT2D eigenvalue weighted by Crippen LogP contribution is -2.33. The van der Waals surface area contributed by atoms with Gasteiger partial charge in [0.05, 0.1) is 12.0 Å². The number of nitrogens with zero attached hydrogens (tertiary/aromatic N) is 3. The van der Waals surface area contributed by atoms with Crippen molar-refractivity contribution in [1.82, 2.24) is 15.0 Å². The van der Waals surface area contributed by atoms with Gasteiger partial charge in [0.2, 0.25) is 5.89 Å². The second kappa shape index (κ2) is 4.44. The predicted octanol–water partition coefficient (Wildman–Crippen LogP) is 1.06. The third-order valence-electron chi connectivity index (χ3n) is 3.49. The van der Waals surface area contributed by atoms with E-state index in [4.69, 9.17) is 4.52 Å². The lowest BCUT2D eigenvalue weighted by Gasteiger charge is -2.22. The minimum atomic E-state index is -0.704. The molecule has 2 rings (SSSR count). The number of aromatic nitrogens is 2. The number of likely N-dealkylation sites (tertiary alicyclic amines) is 1. The second-order valence-electron chi connectivity index (χ2n) is 4.64. The fourth-order valence-electron chi connectivity index (χ4n) is 2.30. The lowest BCUT2D eigenvalue weighted by molar-refractivity contribution is -0.148. The Kier molecular flexibility index (Phi) is 3.15. The minimum Gasteiger partial charge on any atom is -0.481 e. The Morgan fingerprint density at radius 1 is 1.65 bits per heavy atom. The van der Waals surface area contributed by atoms with E-state index >= 15 is 0 Å². The monoisotopic (exact) mass is 239 g/mol. The van der Waals surface area contributed by atoms with Crippen LogP contribution in [0.4, 0.5) is 0 Å². The van der Waals surface area contributed by atoms with Crippen molar-refractivity contribution < 1.29 is 14.4 Å². The molecule has 1 N–H and O–H groups in total. The first-order valence-corrected chi connectivity index (χ1v) is 5.81. The Balaban J connectivity index is 2.00. The quantitative estimate of drug-likeness (QED) is 0.846. The van der Waals surface area contributed by atoms with Gasteiger partial charge in [-0.3, -0.25) is 9.69 Å². The number of aliphatic carboxylic acids is 1. The molecule has 0 aromatic carbocycles. The summed E-state index contributed by atoms with van der Waals surface area (Å²) in [6, 6.07) is 0. The van der Waals surface area contributed by atoms with Gasteiger partial charge in [-0.2, -0.15) is 4.98 Å². The zero-order valence-corrected chi connectivity index (χ0v) is 10.1. The molecule has 94 valence electrons. The lowest BCUT2D eigenvalue weighted by atomic mass is 9.84. The van der Waals surface area contributed by atoms with Crippen LogP contribution in [0.2, 0.25) is 0 Å². The van der Waals surface area contributed by atoms with Crippen LogP contribution in [0.5, 0.6) is 0 Å². The van der Waals surface area contributed by atoms with Gasteiger partial charge in [-0.15, -0.1) is 0 Å². The highest BCUT2D eigenvalue weighted by Gasteiger charge is 2.43. The van der Waals surface area contributed by atoms with E-state index < -0.39 is 11.4 Å². The van der Waals surface area contributed by atoms with Crippen LogP contribution in [0, 0.1) is 12.3 Å². The molecule has 1 fully saturated rings. The highest BCUT2D eigenvalue weighted by atomic mass is 16.5. The maximum absolute atomic E-state index is 11.3. The van der Waals surface area contributed by atoms with Crippen molar-refractivity contribution in [2.45, 2.75) is 33.2 Å². The molecule has 0 amide bonds. The van der Waals surface area contributed by atoms with Crippen LogP contribution in [0.3, 0.4) is 0 Å². The zero-order chi connectivity index (χ0) is 12.5. The van der Waals surface area contributed by atoms with Gasteiger partial charge in [0.1, 0.15) is 0 Å². The predicted molar refractivity (Wildman–Crippen MR) is 59.3 cm³/mol. The standard InChI is InChI=1S/C11H17N3O3/c1-3-11(10(15)16)4-5-14(7-11)6-9-12-8(2)13-17-9/h3-7H2,1-2H3,(H,15,16). The molecule has 17 heavy (non-hydrogen) atoms. The highest BCUT2D eigenvalue weighted by Crippen LogP contribution is 2.34. The highest BCUT2D eigenvalue weighted by molar-refractivity contribution is 5.75. The Bertz CT molecular complexity index is 418. The maximum atomic E-state index is 11.3. The molecule has 0 aliphatic carbocycles. The van der Waals surface area contributed by atoms with Crippen molar-refractivity contribution in [2.24, 2.45) is 5.41 Å². The number of carbonyl (C=O) groups is 1. The zero-order valence-electron chi connectivity index (χ0n) is 10.1. The Morgan fingerprint density at radius 3 is 2.88 bits per heavy atom. The summed E-state index contributed by atoms with van der Waals surface area (Å²) in [7, 11) is 0. The number of hydrogen-bond donors (Lipinski definition) is 1. The van der Waals surface area contributed by atoms with Gasteiger partial charge in [-0.05, 0) is 26.3 Å². The molecule has 6 nitrogen and oxygen atoms in total. The van der Waals surface area contributed by atoms with Crippen molar-refractivity contribution in [3.63, 3.8) is 0 Å². The molecular formula is C11H17N3O3. The molecule has 1 unspecified atom stereocenters. The molecular weight excluding hydrogens is 222 g/mol. The van der Waals surface area contributed by atoms with Gasteiger partial charge in [0.15, 0.2) is 5.82 Å². The molecule has 0 radical (unpaired) electrons. The molecule has 1 aliphatic heterocycles. The summed E-state index contributed by atoms with van der Waals surface area (Å²) in [5.74, 6) is 0.461. The van der Waals surface area contributed by atoms with Crippen LogP contribution in [-0.2, 0) is 11.3 Å².